The van der Waals surface area contributed by atoms with E-state index in [1.807, 2.05) is 0 Å². The maximum atomic E-state index is 11.8. The third-order valence-electron chi connectivity index (χ3n) is 2.30. The Labute approximate surface area is 102 Å². The van der Waals surface area contributed by atoms with Gasteiger partial charge in [0.15, 0.2) is 5.82 Å². The van der Waals surface area contributed by atoms with Crippen molar-refractivity contribution < 1.29 is 4.79 Å². The molecule has 2 aromatic heterocycles. The second-order valence-electron chi connectivity index (χ2n) is 3.45. The largest absolute Gasteiger partial charge is 0.371 e. The van der Waals surface area contributed by atoms with E-state index in [1.54, 1.807) is 25.4 Å². The van der Waals surface area contributed by atoms with Crippen molar-refractivity contribution in [1.29, 1.82) is 0 Å². The molecule has 3 N–H and O–H groups in total. The third kappa shape index (κ3) is 2.05. The molecule has 0 atom stereocenters. The summed E-state index contributed by atoms with van der Waals surface area (Å²) in [5, 5.41) is 6.74. The zero-order valence-corrected chi connectivity index (χ0v) is 9.62. The summed E-state index contributed by atoms with van der Waals surface area (Å²) in [5.74, 6) is -0.215. The van der Waals surface area contributed by atoms with Crippen LogP contribution >= 0.6 is 0 Å². The highest BCUT2D eigenvalue weighted by Gasteiger charge is 2.10. The van der Waals surface area contributed by atoms with Crippen LogP contribution < -0.4 is 16.6 Å². The minimum Gasteiger partial charge on any atom is -0.371 e. The van der Waals surface area contributed by atoms with Gasteiger partial charge in [-0.3, -0.25) is 9.59 Å². The van der Waals surface area contributed by atoms with Crippen molar-refractivity contribution in [3.8, 4) is 5.69 Å². The highest BCUT2D eigenvalue weighted by Crippen LogP contribution is 2.13. The first-order valence-electron chi connectivity index (χ1n) is 5.17. The number of hydrogen-bond acceptors (Lipinski definition) is 5. The zero-order valence-electron chi connectivity index (χ0n) is 9.62. The van der Waals surface area contributed by atoms with Crippen LogP contribution in [0.1, 0.15) is 10.5 Å². The van der Waals surface area contributed by atoms with Crippen LogP contribution in [0.3, 0.4) is 0 Å². The number of primary amides is 1. The number of pyridine rings is 1. The summed E-state index contributed by atoms with van der Waals surface area (Å²) in [6.07, 6.45) is 1.58. The fourth-order valence-electron chi connectivity index (χ4n) is 1.48. The number of nitrogens with zero attached hydrogens (tertiary/aromatic N) is 3. The molecule has 0 saturated heterocycles. The van der Waals surface area contributed by atoms with E-state index in [0.717, 1.165) is 4.68 Å². The molecule has 92 valence electrons. The van der Waals surface area contributed by atoms with E-state index < -0.39 is 5.91 Å². The Morgan fingerprint density at radius 1 is 1.39 bits per heavy atom. The molecule has 2 heterocycles. The van der Waals surface area contributed by atoms with Gasteiger partial charge in [-0.25, -0.2) is 4.98 Å². The van der Waals surface area contributed by atoms with E-state index >= 15 is 0 Å². The van der Waals surface area contributed by atoms with Crippen LogP contribution in [0.2, 0.25) is 0 Å². The topological polar surface area (TPSA) is 103 Å². The molecule has 0 aliphatic heterocycles. The van der Waals surface area contributed by atoms with Gasteiger partial charge in [0, 0.05) is 19.3 Å². The van der Waals surface area contributed by atoms with Gasteiger partial charge in [-0.1, -0.05) is 0 Å². The fraction of sp³-hybridized carbons (Fsp3) is 0.0909. The molecule has 0 spiro atoms. The van der Waals surface area contributed by atoms with Crippen LogP contribution in [0, 0.1) is 0 Å². The molecule has 0 aliphatic carbocycles. The van der Waals surface area contributed by atoms with Crippen molar-refractivity contribution in [2.45, 2.75) is 0 Å². The first kappa shape index (κ1) is 11.8. The van der Waals surface area contributed by atoms with Gasteiger partial charge in [0.25, 0.3) is 11.5 Å². The summed E-state index contributed by atoms with van der Waals surface area (Å²) in [6.45, 7) is 0. The molecular weight excluding hydrogens is 234 g/mol. The Morgan fingerprint density at radius 2 is 2.17 bits per heavy atom. The van der Waals surface area contributed by atoms with Gasteiger partial charge >= 0.3 is 0 Å². The van der Waals surface area contributed by atoms with Gasteiger partial charge in [-0.15, -0.1) is 0 Å². The number of hydrogen-bond donors (Lipinski definition) is 2. The summed E-state index contributed by atoms with van der Waals surface area (Å²) in [4.78, 5) is 26.9. The minimum absolute atomic E-state index is 0.0144. The number of aromatic nitrogens is 3. The number of carbonyl (C=O) groups excluding carboxylic acids is 1. The van der Waals surface area contributed by atoms with E-state index in [9.17, 15) is 9.59 Å². The number of rotatable bonds is 3. The van der Waals surface area contributed by atoms with Gasteiger partial charge in [-0.05, 0) is 18.2 Å². The van der Waals surface area contributed by atoms with E-state index in [-0.39, 0.29) is 11.3 Å². The fourth-order valence-corrected chi connectivity index (χ4v) is 1.48. The Kier molecular flexibility index (Phi) is 3.05. The highest BCUT2D eigenvalue weighted by atomic mass is 16.1. The Hall–Kier alpha value is -2.70. The van der Waals surface area contributed by atoms with Crippen molar-refractivity contribution in [2.75, 3.05) is 12.4 Å². The number of anilines is 1. The van der Waals surface area contributed by atoms with Crippen molar-refractivity contribution in [2.24, 2.45) is 5.73 Å². The van der Waals surface area contributed by atoms with Gasteiger partial charge in [0.2, 0.25) is 0 Å². The van der Waals surface area contributed by atoms with Gasteiger partial charge in [-0.2, -0.15) is 9.78 Å². The summed E-state index contributed by atoms with van der Waals surface area (Å²) < 4.78 is 1.08. The Morgan fingerprint density at radius 3 is 2.83 bits per heavy atom. The predicted octanol–water partition coefficient (Wildman–Crippen LogP) is -0.232. The first-order valence-corrected chi connectivity index (χ1v) is 5.17. The molecule has 0 bridgehead atoms. The van der Waals surface area contributed by atoms with Crippen LogP contribution in [0.4, 0.5) is 5.82 Å². The Bertz CT molecular complexity index is 650. The number of nitrogens with one attached hydrogen (secondary N) is 1. The molecule has 0 aromatic carbocycles. The summed E-state index contributed by atoms with van der Waals surface area (Å²) >= 11 is 0. The molecule has 7 nitrogen and oxygen atoms in total. The number of amides is 1. The van der Waals surface area contributed by atoms with E-state index in [4.69, 9.17) is 5.73 Å². The molecule has 2 aromatic rings. The number of nitrogens with two attached hydrogens (primary N) is 1. The smallest absolute Gasteiger partial charge is 0.271 e. The maximum Gasteiger partial charge on any atom is 0.271 e. The molecule has 0 saturated carbocycles. The summed E-state index contributed by atoms with van der Waals surface area (Å²) in [7, 11) is 1.68. The lowest BCUT2D eigenvalue weighted by molar-refractivity contribution is 0.0994. The molecular formula is C11H11N5O2. The van der Waals surface area contributed by atoms with Gasteiger partial charge in [0.05, 0.1) is 0 Å². The van der Waals surface area contributed by atoms with E-state index in [0.29, 0.717) is 11.5 Å². The summed E-state index contributed by atoms with van der Waals surface area (Å²) in [6, 6.07) is 5.86. The van der Waals surface area contributed by atoms with Crippen molar-refractivity contribution >= 4 is 11.7 Å². The SMILES string of the molecule is CNc1ncccc1-n1nc(C(N)=O)ccc1=O. The van der Waals surface area contributed by atoms with Gasteiger partial charge < -0.3 is 11.1 Å². The number of carbonyl (C=O) groups is 1. The zero-order chi connectivity index (χ0) is 13.1. The molecule has 7 heteroatoms. The monoisotopic (exact) mass is 245 g/mol. The molecule has 0 aliphatic rings. The molecule has 1 amide bonds. The van der Waals surface area contributed by atoms with Crippen LogP contribution in [-0.4, -0.2) is 27.7 Å². The second kappa shape index (κ2) is 4.66. The van der Waals surface area contributed by atoms with Crippen molar-refractivity contribution in [3.63, 3.8) is 0 Å². The standard InChI is InChI=1S/C11H11N5O2/c1-13-11-8(3-2-6-14-11)16-9(17)5-4-7(15-16)10(12)18/h2-6H,1H3,(H2,12,18)(H,13,14). The third-order valence-corrected chi connectivity index (χ3v) is 2.30. The minimum atomic E-state index is -0.696. The first-order chi connectivity index (χ1) is 8.63. The van der Waals surface area contributed by atoms with Crippen LogP contribution in [0.25, 0.3) is 5.69 Å². The molecule has 0 radical (unpaired) electrons. The lowest BCUT2D eigenvalue weighted by Crippen LogP contribution is -2.25. The second-order valence-corrected chi connectivity index (χ2v) is 3.45. The van der Waals surface area contributed by atoms with E-state index in [1.165, 1.54) is 12.1 Å². The Balaban J connectivity index is 2.66. The van der Waals surface area contributed by atoms with E-state index in [2.05, 4.69) is 15.4 Å². The average Bonchev–Trinajstić information content (AvgIpc) is 2.39. The molecule has 2 rings (SSSR count). The van der Waals surface area contributed by atoms with Crippen molar-refractivity contribution in [1.82, 2.24) is 14.8 Å². The predicted molar refractivity (Wildman–Crippen MR) is 65.7 cm³/mol. The molecule has 0 fully saturated rings. The van der Waals surface area contributed by atoms with Crippen LogP contribution in [0.15, 0.2) is 35.3 Å². The normalized spacial score (nSPS) is 10.1. The summed E-state index contributed by atoms with van der Waals surface area (Å²) in [5.41, 5.74) is 5.23. The lowest BCUT2D eigenvalue weighted by atomic mass is 10.3. The lowest BCUT2D eigenvalue weighted by Gasteiger charge is -2.09. The quantitative estimate of drug-likeness (QED) is 0.777. The van der Waals surface area contributed by atoms with Crippen LogP contribution in [-0.2, 0) is 0 Å². The molecule has 18 heavy (non-hydrogen) atoms. The van der Waals surface area contributed by atoms with Crippen molar-refractivity contribution in [3.05, 3.63) is 46.5 Å². The molecule has 0 unspecified atom stereocenters. The van der Waals surface area contributed by atoms with Gasteiger partial charge in [0.1, 0.15) is 11.4 Å². The van der Waals surface area contributed by atoms with Crippen LogP contribution in [0.5, 0.6) is 0 Å². The highest BCUT2D eigenvalue weighted by molar-refractivity contribution is 5.90. The average molecular weight is 245 g/mol. The maximum absolute atomic E-state index is 11.8.